The molecular formula is C31H25N7O3. The molecule has 202 valence electrons. The van der Waals surface area contributed by atoms with Crippen LogP contribution in [0.25, 0.3) is 50.3 Å². The molecule has 0 unspecified atom stereocenters. The summed E-state index contributed by atoms with van der Waals surface area (Å²) < 4.78 is 11.9. The summed E-state index contributed by atoms with van der Waals surface area (Å²) in [7, 11) is 3.41. The molecule has 0 saturated carbocycles. The highest BCUT2D eigenvalue weighted by atomic mass is 16.5. The minimum absolute atomic E-state index is 0.243. The number of benzene rings is 3. The molecule has 4 heterocycles. The highest BCUT2D eigenvalue weighted by molar-refractivity contribution is 6.06. The SMILES string of the molecule is COc1ccc(-n2c3nc4ccccc4nc3c3c(=O)n(-c4c(C)n(C)n(-c5ccccc5)c4=O)c(C)nc32)cc1. The van der Waals surface area contributed by atoms with Crippen molar-refractivity contribution in [3.05, 3.63) is 111 Å². The lowest BCUT2D eigenvalue weighted by molar-refractivity contribution is 0.415. The van der Waals surface area contributed by atoms with Crippen LogP contribution in [0.2, 0.25) is 0 Å². The van der Waals surface area contributed by atoms with Crippen LogP contribution in [0.5, 0.6) is 5.75 Å². The minimum atomic E-state index is -0.389. The van der Waals surface area contributed by atoms with E-state index in [0.717, 1.165) is 5.69 Å². The van der Waals surface area contributed by atoms with Gasteiger partial charge in [0.2, 0.25) is 0 Å². The molecule has 0 atom stereocenters. The smallest absolute Gasteiger partial charge is 0.296 e. The van der Waals surface area contributed by atoms with Crippen molar-refractivity contribution in [1.29, 1.82) is 0 Å². The molecule has 0 aliphatic carbocycles. The van der Waals surface area contributed by atoms with Crippen molar-refractivity contribution in [2.45, 2.75) is 13.8 Å². The Morgan fingerprint density at radius 3 is 2.02 bits per heavy atom. The Morgan fingerprint density at radius 1 is 0.683 bits per heavy atom. The van der Waals surface area contributed by atoms with Gasteiger partial charge in [0.15, 0.2) is 11.3 Å². The molecule has 7 rings (SSSR count). The Kier molecular flexibility index (Phi) is 5.40. The van der Waals surface area contributed by atoms with Gasteiger partial charge in [-0.15, -0.1) is 0 Å². The molecule has 0 aliphatic rings. The number of aromatic nitrogens is 7. The summed E-state index contributed by atoms with van der Waals surface area (Å²) in [4.78, 5) is 43.1. The van der Waals surface area contributed by atoms with E-state index in [2.05, 4.69) is 0 Å². The monoisotopic (exact) mass is 543 g/mol. The summed E-state index contributed by atoms with van der Waals surface area (Å²) in [6.45, 7) is 3.55. The van der Waals surface area contributed by atoms with E-state index < -0.39 is 0 Å². The summed E-state index contributed by atoms with van der Waals surface area (Å²) in [5, 5.41) is 0.286. The number of aryl methyl sites for hydroxylation is 1. The number of fused-ring (bicyclic) bond motifs is 4. The van der Waals surface area contributed by atoms with Crippen LogP contribution in [0.15, 0.2) is 88.5 Å². The lowest BCUT2D eigenvalue weighted by Crippen LogP contribution is -2.28. The second kappa shape index (κ2) is 9.02. The van der Waals surface area contributed by atoms with Gasteiger partial charge >= 0.3 is 0 Å². The first-order chi connectivity index (χ1) is 19.9. The Bertz CT molecular complexity index is 2260. The summed E-state index contributed by atoms with van der Waals surface area (Å²) in [6.07, 6.45) is 0. The first kappa shape index (κ1) is 24.5. The van der Waals surface area contributed by atoms with Crippen molar-refractivity contribution in [1.82, 2.24) is 33.4 Å². The van der Waals surface area contributed by atoms with Gasteiger partial charge in [-0.1, -0.05) is 30.3 Å². The molecule has 0 spiro atoms. The molecule has 0 bridgehead atoms. The van der Waals surface area contributed by atoms with Gasteiger partial charge in [0.05, 0.1) is 29.5 Å². The molecule has 10 heteroatoms. The first-order valence-corrected chi connectivity index (χ1v) is 13.1. The van der Waals surface area contributed by atoms with Crippen molar-refractivity contribution in [3.8, 4) is 22.8 Å². The average Bonchev–Trinajstić information content (AvgIpc) is 3.41. The molecular weight excluding hydrogens is 518 g/mol. The van der Waals surface area contributed by atoms with Gasteiger partial charge in [-0.3, -0.25) is 23.4 Å². The molecule has 4 aromatic heterocycles. The fourth-order valence-electron chi connectivity index (χ4n) is 5.45. The van der Waals surface area contributed by atoms with E-state index in [9.17, 15) is 9.59 Å². The van der Waals surface area contributed by atoms with Crippen LogP contribution in [-0.2, 0) is 7.05 Å². The van der Waals surface area contributed by atoms with Crippen LogP contribution in [0.1, 0.15) is 11.5 Å². The van der Waals surface area contributed by atoms with E-state index in [1.807, 2.05) is 90.4 Å². The maximum atomic E-state index is 14.5. The standard InChI is InChI=1S/C31H25N7O3/c1-18-27(31(40)38(35(18)3)21-10-6-5-7-11-21)36-19(2)32-28-25(30(36)39)26-29(34-24-13-9-8-12-23(24)33-26)37(28)20-14-16-22(41-4)17-15-20/h5-17H,1-4H3. The molecule has 3 aromatic carbocycles. The Hall–Kier alpha value is -5.51. The number of hydrogen-bond acceptors (Lipinski definition) is 6. The number of ether oxygens (including phenoxy) is 1. The summed E-state index contributed by atoms with van der Waals surface area (Å²) in [5.74, 6) is 1.07. The van der Waals surface area contributed by atoms with E-state index in [-0.39, 0.29) is 22.2 Å². The van der Waals surface area contributed by atoms with Crippen LogP contribution in [0.3, 0.4) is 0 Å². The van der Waals surface area contributed by atoms with Gasteiger partial charge in [0.1, 0.15) is 28.2 Å². The van der Waals surface area contributed by atoms with Crippen LogP contribution in [-0.4, -0.2) is 40.6 Å². The zero-order valence-electron chi connectivity index (χ0n) is 22.9. The van der Waals surface area contributed by atoms with E-state index >= 15 is 0 Å². The highest BCUT2D eigenvalue weighted by Gasteiger charge is 2.26. The topological polar surface area (TPSA) is 102 Å². The third kappa shape index (κ3) is 3.53. The quantitative estimate of drug-likeness (QED) is 0.326. The van der Waals surface area contributed by atoms with E-state index in [4.69, 9.17) is 19.7 Å². The molecule has 0 amide bonds. The number of hydrogen-bond donors (Lipinski definition) is 0. The lowest BCUT2D eigenvalue weighted by atomic mass is 10.2. The molecule has 0 saturated heterocycles. The maximum absolute atomic E-state index is 14.5. The minimum Gasteiger partial charge on any atom is -0.497 e. The van der Waals surface area contributed by atoms with Crippen LogP contribution in [0, 0.1) is 13.8 Å². The largest absolute Gasteiger partial charge is 0.497 e. The van der Waals surface area contributed by atoms with Gasteiger partial charge in [-0.25, -0.2) is 19.6 Å². The fraction of sp³-hybridized carbons (Fsp3) is 0.129. The number of para-hydroxylation sites is 3. The summed E-state index contributed by atoms with van der Waals surface area (Å²) >= 11 is 0. The van der Waals surface area contributed by atoms with Gasteiger partial charge < -0.3 is 4.74 Å². The normalized spacial score (nSPS) is 11.6. The highest BCUT2D eigenvalue weighted by Crippen LogP contribution is 2.30. The Balaban J connectivity index is 1.60. The van der Waals surface area contributed by atoms with Gasteiger partial charge in [0.25, 0.3) is 11.1 Å². The van der Waals surface area contributed by atoms with Crippen LogP contribution >= 0.6 is 0 Å². The van der Waals surface area contributed by atoms with E-state index in [0.29, 0.717) is 50.8 Å². The predicted octanol–water partition coefficient (Wildman–Crippen LogP) is 4.39. The second-order valence-corrected chi connectivity index (χ2v) is 9.83. The zero-order chi connectivity index (χ0) is 28.4. The Labute approximate surface area is 233 Å². The number of nitrogens with zero attached hydrogens (tertiary/aromatic N) is 7. The summed E-state index contributed by atoms with van der Waals surface area (Å²) in [6, 6.07) is 24.3. The van der Waals surface area contributed by atoms with Gasteiger partial charge in [-0.05, 0) is 62.4 Å². The molecule has 0 N–H and O–H groups in total. The molecule has 0 fully saturated rings. The maximum Gasteiger partial charge on any atom is 0.296 e. The predicted molar refractivity (Wildman–Crippen MR) is 158 cm³/mol. The average molecular weight is 544 g/mol. The molecule has 41 heavy (non-hydrogen) atoms. The number of rotatable bonds is 4. The first-order valence-electron chi connectivity index (χ1n) is 13.1. The molecule has 7 aromatic rings. The van der Waals surface area contributed by atoms with Crippen molar-refractivity contribution >= 4 is 33.2 Å². The summed E-state index contributed by atoms with van der Waals surface area (Å²) in [5.41, 5.74) is 4.28. The van der Waals surface area contributed by atoms with Crippen molar-refractivity contribution in [2.24, 2.45) is 7.05 Å². The Morgan fingerprint density at radius 2 is 1.34 bits per heavy atom. The molecule has 10 nitrogen and oxygen atoms in total. The molecule has 0 radical (unpaired) electrons. The third-order valence-corrected chi connectivity index (χ3v) is 7.52. The van der Waals surface area contributed by atoms with Gasteiger partial charge in [0, 0.05) is 12.7 Å². The van der Waals surface area contributed by atoms with Crippen LogP contribution < -0.4 is 15.9 Å². The zero-order valence-corrected chi connectivity index (χ0v) is 22.9. The van der Waals surface area contributed by atoms with Crippen molar-refractivity contribution in [3.63, 3.8) is 0 Å². The number of methoxy groups -OCH3 is 1. The fourth-order valence-corrected chi connectivity index (χ4v) is 5.45. The molecule has 0 aliphatic heterocycles. The van der Waals surface area contributed by atoms with E-state index in [1.54, 1.807) is 30.4 Å². The van der Waals surface area contributed by atoms with E-state index in [1.165, 1.54) is 4.57 Å². The van der Waals surface area contributed by atoms with Crippen LogP contribution in [0.4, 0.5) is 0 Å². The third-order valence-electron chi connectivity index (χ3n) is 7.52. The van der Waals surface area contributed by atoms with Crippen molar-refractivity contribution < 1.29 is 4.74 Å². The second-order valence-electron chi connectivity index (χ2n) is 9.83. The van der Waals surface area contributed by atoms with Gasteiger partial charge in [-0.2, -0.15) is 0 Å². The lowest BCUT2D eigenvalue weighted by Gasteiger charge is -2.10. The van der Waals surface area contributed by atoms with Crippen molar-refractivity contribution in [2.75, 3.05) is 7.11 Å².